The molecule has 3 aromatic rings. The van der Waals surface area contributed by atoms with E-state index in [1.165, 1.54) is 86.5 Å². The van der Waals surface area contributed by atoms with Crippen LogP contribution in [0.3, 0.4) is 0 Å². The lowest BCUT2D eigenvalue weighted by atomic mass is 9.56. The normalized spacial score (nSPS) is 23.9. The molecule has 5 heteroatoms. The van der Waals surface area contributed by atoms with Crippen molar-refractivity contribution in [2.75, 3.05) is 13.1 Å². The lowest BCUT2D eigenvalue weighted by Crippen LogP contribution is -2.59. The third kappa shape index (κ3) is 6.26. The molecule has 1 aromatic heterocycles. The second-order valence-electron chi connectivity index (χ2n) is 14.5. The van der Waals surface area contributed by atoms with Gasteiger partial charge in [0.2, 0.25) is 0 Å². The molecule has 1 saturated heterocycles. The lowest BCUT2D eigenvalue weighted by molar-refractivity contribution is -0.0533. The highest BCUT2D eigenvalue weighted by atomic mass is 16.3. The molecule has 0 radical (unpaired) electrons. The lowest BCUT2D eigenvalue weighted by Gasteiger charge is -2.56. The Morgan fingerprint density at radius 3 is 2.46 bits per heavy atom. The van der Waals surface area contributed by atoms with E-state index in [0.29, 0.717) is 17.9 Å². The molecule has 7 rings (SSSR count). The van der Waals surface area contributed by atoms with E-state index in [4.69, 9.17) is 15.5 Å². The highest BCUT2D eigenvalue weighted by Gasteiger charge is 2.59. The summed E-state index contributed by atoms with van der Waals surface area (Å²) in [7, 11) is 0. The van der Waals surface area contributed by atoms with Crippen molar-refractivity contribution in [1.82, 2.24) is 9.47 Å². The molecule has 1 aliphatic heterocycles. The SMILES string of the molecule is C=Cc1c2c(n(CCCCC#N)c1-c1ccccc1C)CC1CCN(CC3CC3)[C@H](C)C1(C1CC1)C2.CCc1ccc(O)c(O)c1. The molecule has 46 heavy (non-hydrogen) atoms. The van der Waals surface area contributed by atoms with E-state index in [-0.39, 0.29) is 11.5 Å². The van der Waals surface area contributed by atoms with Crippen LogP contribution < -0.4 is 0 Å². The van der Waals surface area contributed by atoms with Crippen LogP contribution in [-0.2, 0) is 25.8 Å². The van der Waals surface area contributed by atoms with E-state index >= 15 is 0 Å². The topological polar surface area (TPSA) is 72.4 Å². The number of aromatic nitrogens is 1. The number of phenols is 2. The number of benzene rings is 2. The molecule has 0 bridgehead atoms. The van der Waals surface area contributed by atoms with Gasteiger partial charge >= 0.3 is 0 Å². The van der Waals surface area contributed by atoms with Crippen LogP contribution in [-0.4, -0.2) is 38.8 Å². The number of likely N-dealkylation sites (tertiary alicyclic amines) is 1. The summed E-state index contributed by atoms with van der Waals surface area (Å²) >= 11 is 0. The number of nitrogens with zero attached hydrogens (tertiary/aromatic N) is 3. The third-order valence-electron chi connectivity index (χ3n) is 11.8. The third-order valence-corrected chi connectivity index (χ3v) is 11.8. The minimum absolute atomic E-state index is 0.0423. The molecule has 4 aliphatic rings. The first-order valence-corrected chi connectivity index (χ1v) is 17.9. The Kier molecular flexibility index (Phi) is 9.67. The van der Waals surface area contributed by atoms with Crippen molar-refractivity contribution in [3.05, 3.63) is 77.0 Å². The summed E-state index contributed by atoms with van der Waals surface area (Å²) in [6, 6.07) is 16.8. The van der Waals surface area contributed by atoms with Crippen LogP contribution >= 0.6 is 0 Å². The summed E-state index contributed by atoms with van der Waals surface area (Å²) in [6.45, 7) is 14.8. The Balaban J connectivity index is 0.000000319. The Labute approximate surface area is 276 Å². The minimum atomic E-state index is -0.0581. The van der Waals surface area contributed by atoms with Gasteiger partial charge in [0.15, 0.2) is 11.5 Å². The van der Waals surface area contributed by atoms with E-state index in [1.54, 1.807) is 23.4 Å². The van der Waals surface area contributed by atoms with Gasteiger partial charge in [-0.15, -0.1) is 0 Å². The summed E-state index contributed by atoms with van der Waals surface area (Å²) < 4.78 is 2.67. The predicted molar refractivity (Wildman–Crippen MR) is 188 cm³/mol. The maximum atomic E-state index is 9.11. The predicted octanol–water partition coefficient (Wildman–Crippen LogP) is 9.08. The summed E-state index contributed by atoms with van der Waals surface area (Å²) in [6.07, 6.45) is 15.3. The molecule has 0 spiro atoms. The first-order chi connectivity index (χ1) is 22.3. The van der Waals surface area contributed by atoms with Crippen molar-refractivity contribution in [3.8, 4) is 28.8 Å². The van der Waals surface area contributed by atoms with Gasteiger partial charge in [-0.25, -0.2) is 0 Å². The number of hydrogen-bond acceptors (Lipinski definition) is 4. The standard InChI is InChI=1S/C33H43N3.C8H10O2/c1-4-28-30-21-33(26-14-15-26)24(3)35(22-25-12-13-25)19-16-27(33)20-31(30)36(18-9-5-8-17-34)32(28)29-11-7-6-10-23(29)2;1-2-6-3-4-7(9)8(10)5-6/h4,6-7,10-11,24-27H,1,5,8-9,12-16,18-22H2,2-3H3;3-5,9-10H,2H2,1H3/t24-,27?,33?;/m1./s1. The Hall–Kier alpha value is -3.49. The number of fused-ring (bicyclic) bond motifs is 2. The molecule has 2 aromatic carbocycles. The zero-order chi connectivity index (χ0) is 32.4. The van der Waals surface area contributed by atoms with Gasteiger partial charge < -0.3 is 14.8 Å². The summed E-state index contributed by atoms with van der Waals surface area (Å²) in [5.41, 5.74) is 10.1. The van der Waals surface area contributed by atoms with Gasteiger partial charge in [0.1, 0.15) is 0 Å². The molecule has 3 fully saturated rings. The molecular formula is C41H53N3O2. The molecule has 5 nitrogen and oxygen atoms in total. The monoisotopic (exact) mass is 619 g/mol. The second-order valence-corrected chi connectivity index (χ2v) is 14.5. The zero-order valence-corrected chi connectivity index (χ0v) is 28.3. The number of rotatable bonds is 10. The highest BCUT2D eigenvalue weighted by Crippen LogP contribution is 2.61. The minimum Gasteiger partial charge on any atom is -0.504 e. The smallest absolute Gasteiger partial charge is 0.157 e. The molecule has 2 unspecified atom stereocenters. The van der Waals surface area contributed by atoms with Gasteiger partial charge in [0, 0.05) is 42.4 Å². The van der Waals surface area contributed by atoms with Crippen molar-refractivity contribution in [2.24, 2.45) is 23.2 Å². The molecular weight excluding hydrogens is 566 g/mol. The van der Waals surface area contributed by atoms with Gasteiger partial charge in [-0.05, 0) is 137 Å². The van der Waals surface area contributed by atoms with Gasteiger partial charge in [0.25, 0.3) is 0 Å². The largest absolute Gasteiger partial charge is 0.504 e. The van der Waals surface area contributed by atoms with Crippen molar-refractivity contribution in [1.29, 1.82) is 5.26 Å². The Bertz CT molecular complexity index is 1590. The van der Waals surface area contributed by atoms with Gasteiger partial charge in [-0.3, -0.25) is 4.90 Å². The first kappa shape index (κ1) is 32.5. The fraction of sp³-hybridized carbons (Fsp3) is 0.537. The van der Waals surface area contributed by atoms with Crippen LogP contribution in [0.2, 0.25) is 0 Å². The highest BCUT2D eigenvalue weighted by molar-refractivity contribution is 5.78. The van der Waals surface area contributed by atoms with Crippen molar-refractivity contribution in [3.63, 3.8) is 0 Å². The summed E-state index contributed by atoms with van der Waals surface area (Å²) in [4.78, 5) is 2.90. The second kappa shape index (κ2) is 13.7. The number of aryl methyl sites for hydroxylation is 2. The van der Waals surface area contributed by atoms with Crippen LogP contribution in [0, 0.1) is 41.4 Å². The van der Waals surface area contributed by atoms with Crippen LogP contribution in [0.4, 0.5) is 0 Å². The Morgan fingerprint density at radius 1 is 1.02 bits per heavy atom. The van der Waals surface area contributed by atoms with Crippen LogP contribution in [0.5, 0.6) is 11.5 Å². The first-order valence-electron chi connectivity index (χ1n) is 17.9. The molecule has 244 valence electrons. The number of nitriles is 1. The fourth-order valence-electron chi connectivity index (χ4n) is 8.94. The van der Waals surface area contributed by atoms with Crippen LogP contribution in [0.15, 0.2) is 49.0 Å². The van der Waals surface area contributed by atoms with E-state index < -0.39 is 0 Å². The van der Waals surface area contributed by atoms with Crippen LogP contribution in [0.25, 0.3) is 17.3 Å². The van der Waals surface area contributed by atoms with Crippen molar-refractivity contribution < 1.29 is 10.2 Å². The maximum absolute atomic E-state index is 9.11. The number of piperidine rings is 1. The summed E-state index contributed by atoms with van der Waals surface area (Å²) in [5, 5.41) is 27.0. The molecule has 2 saturated carbocycles. The zero-order valence-electron chi connectivity index (χ0n) is 28.3. The quantitative estimate of drug-likeness (QED) is 0.175. The number of aromatic hydroxyl groups is 2. The van der Waals surface area contributed by atoms with E-state index in [9.17, 15) is 0 Å². The fourth-order valence-corrected chi connectivity index (χ4v) is 8.94. The maximum Gasteiger partial charge on any atom is 0.157 e. The Morgan fingerprint density at radius 2 is 1.80 bits per heavy atom. The van der Waals surface area contributed by atoms with Crippen LogP contribution in [0.1, 0.15) is 93.2 Å². The molecule has 2 N–H and O–H groups in total. The molecule has 3 aliphatic carbocycles. The van der Waals surface area contributed by atoms with Gasteiger partial charge in [0.05, 0.1) is 11.8 Å². The van der Waals surface area contributed by atoms with E-state index in [2.05, 4.69) is 66.3 Å². The van der Waals surface area contributed by atoms with Gasteiger partial charge in [-0.2, -0.15) is 5.26 Å². The number of phenolic OH excluding ortho intramolecular Hbond substituents is 2. The number of unbranched alkanes of at least 4 members (excludes halogenated alkanes) is 2. The van der Waals surface area contributed by atoms with E-state index in [1.807, 2.05) is 6.92 Å². The molecule has 3 atom stereocenters. The average Bonchev–Trinajstić information content (AvgIpc) is 4.00. The summed E-state index contributed by atoms with van der Waals surface area (Å²) in [5.74, 6) is 2.55. The molecule has 0 amide bonds. The average molecular weight is 620 g/mol. The number of hydrogen-bond donors (Lipinski definition) is 2. The van der Waals surface area contributed by atoms with Crippen molar-refractivity contribution >= 4 is 6.08 Å². The van der Waals surface area contributed by atoms with Gasteiger partial charge in [-0.1, -0.05) is 49.9 Å². The molecule has 2 heterocycles. The van der Waals surface area contributed by atoms with E-state index in [0.717, 1.165) is 49.1 Å². The van der Waals surface area contributed by atoms with Crippen molar-refractivity contribution in [2.45, 2.75) is 104 Å².